The Hall–Kier alpha value is -2.64. The van der Waals surface area contributed by atoms with Gasteiger partial charge in [-0.2, -0.15) is 0 Å². The lowest BCUT2D eigenvalue weighted by Crippen LogP contribution is -2.35. The number of anilines is 1. The molecule has 4 rings (SSSR count). The molecule has 2 aromatic carbocycles. The van der Waals surface area contributed by atoms with Crippen LogP contribution in [-0.4, -0.2) is 43.8 Å². The van der Waals surface area contributed by atoms with Crippen molar-refractivity contribution in [2.75, 3.05) is 25.5 Å². The number of guanidine groups is 1. The number of benzene rings is 2. The van der Waals surface area contributed by atoms with Crippen molar-refractivity contribution >= 4 is 36.8 Å². The summed E-state index contributed by atoms with van der Waals surface area (Å²) in [5.41, 5.74) is 5.73. The molecule has 184 valence electrons. The number of aliphatic hydroxyl groups excluding tert-OH is 1. The van der Waals surface area contributed by atoms with Gasteiger partial charge in [0.2, 0.25) is 0 Å². The van der Waals surface area contributed by atoms with E-state index >= 15 is 0 Å². The number of thiol groups is 1. The van der Waals surface area contributed by atoms with Crippen molar-refractivity contribution in [3.63, 3.8) is 0 Å². The fourth-order valence-electron chi connectivity index (χ4n) is 4.12. The molecule has 0 bridgehead atoms. The van der Waals surface area contributed by atoms with E-state index in [0.29, 0.717) is 0 Å². The van der Waals surface area contributed by atoms with Crippen LogP contribution >= 0.6 is 12.6 Å². The van der Waals surface area contributed by atoms with Crippen molar-refractivity contribution in [3.05, 3.63) is 58.7 Å². The maximum Gasteiger partial charge on any atom is 0.195 e. The Morgan fingerprint density at radius 2 is 1.76 bits per heavy atom. The minimum Gasteiger partial charge on any atom is -0.400 e. The Labute approximate surface area is 209 Å². The van der Waals surface area contributed by atoms with E-state index in [1.54, 1.807) is 0 Å². The van der Waals surface area contributed by atoms with Crippen molar-refractivity contribution < 1.29 is 5.11 Å². The third-order valence-electron chi connectivity index (χ3n) is 6.11. The van der Waals surface area contributed by atoms with E-state index in [1.165, 1.54) is 48.8 Å². The molecule has 4 N–H and O–H groups in total. The Morgan fingerprint density at radius 1 is 1.09 bits per heavy atom. The number of aryl methyl sites for hydroxylation is 2. The minimum absolute atomic E-state index is 0.259. The van der Waals surface area contributed by atoms with Gasteiger partial charge in [-0.25, -0.2) is 4.99 Å². The molecule has 0 radical (unpaired) electrons. The summed E-state index contributed by atoms with van der Waals surface area (Å²) in [6.45, 7) is 9.40. The van der Waals surface area contributed by atoms with E-state index < -0.39 is 0 Å². The molecule has 1 aliphatic carbocycles. The minimum atomic E-state index is 0.259. The van der Waals surface area contributed by atoms with Crippen molar-refractivity contribution in [2.24, 2.45) is 9.98 Å². The van der Waals surface area contributed by atoms with Gasteiger partial charge in [0, 0.05) is 36.3 Å². The summed E-state index contributed by atoms with van der Waals surface area (Å²) in [6.07, 6.45) is 7.85. The third-order valence-corrected chi connectivity index (χ3v) is 6.59. The second-order valence-corrected chi connectivity index (χ2v) is 9.03. The number of nitrogens with one attached hydrogen (secondary N) is 3. The summed E-state index contributed by atoms with van der Waals surface area (Å²) < 4.78 is 0. The third kappa shape index (κ3) is 8.29. The van der Waals surface area contributed by atoms with E-state index in [9.17, 15) is 0 Å². The lowest BCUT2D eigenvalue weighted by atomic mass is 9.84. The molecule has 0 amide bonds. The van der Waals surface area contributed by atoms with Crippen molar-refractivity contribution in [2.45, 2.75) is 63.2 Å². The van der Waals surface area contributed by atoms with Gasteiger partial charge in [-0.3, -0.25) is 10.4 Å². The average molecular weight is 482 g/mol. The number of aliphatic imine (C=N–C) groups is 2. The van der Waals surface area contributed by atoms with Crippen LogP contribution in [0.1, 0.15) is 66.7 Å². The first-order valence-corrected chi connectivity index (χ1v) is 12.4. The number of hydrogen-bond donors (Lipinski definition) is 5. The maximum atomic E-state index is 7.56. The molecular formula is C27H39N5OS. The summed E-state index contributed by atoms with van der Waals surface area (Å²) in [7, 11) is 1.00. The van der Waals surface area contributed by atoms with Gasteiger partial charge in [0.25, 0.3) is 0 Å². The van der Waals surface area contributed by atoms with Crippen LogP contribution in [0.2, 0.25) is 0 Å². The Bertz CT molecular complexity index is 966. The molecule has 1 saturated carbocycles. The van der Waals surface area contributed by atoms with Crippen LogP contribution in [0.15, 0.2) is 51.3 Å². The molecule has 0 aromatic heterocycles. The van der Waals surface area contributed by atoms with E-state index in [1.807, 2.05) is 12.1 Å². The highest BCUT2D eigenvalue weighted by Gasteiger charge is 2.15. The summed E-state index contributed by atoms with van der Waals surface area (Å²) in [5.74, 6) is 1.87. The molecule has 34 heavy (non-hydrogen) atoms. The van der Waals surface area contributed by atoms with E-state index in [-0.39, 0.29) is 5.84 Å². The van der Waals surface area contributed by atoms with Crippen LogP contribution in [0, 0.1) is 19.3 Å². The van der Waals surface area contributed by atoms with Crippen LogP contribution in [0.3, 0.4) is 0 Å². The molecule has 0 atom stereocenters. The molecule has 1 fully saturated rings. The maximum absolute atomic E-state index is 7.56. The monoisotopic (exact) mass is 481 g/mol. The predicted octanol–water partition coefficient (Wildman–Crippen LogP) is 5.72. The number of rotatable bonds is 3. The molecule has 7 heteroatoms. The molecule has 6 nitrogen and oxygen atoms in total. The first-order chi connectivity index (χ1) is 16.5. The first kappa shape index (κ1) is 27.6. The highest BCUT2D eigenvalue weighted by Crippen LogP contribution is 2.32. The second kappa shape index (κ2) is 14.6. The van der Waals surface area contributed by atoms with E-state index in [0.717, 1.165) is 54.6 Å². The Morgan fingerprint density at radius 3 is 2.35 bits per heavy atom. The standard InChI is InChI=1S/C14H18N2.C12H17N3S.CH4O/c1-16-14(15)13-9-7-12(8-10-13)11-5-3-2-4-6-11;1-8-7-11(16)9(2)6-10(8)15-12-13-4-3-5-14-12;1-2/h7-11,15H,1-6H2;6-7,16H,3-5H2,1-2H3,(H2,13,14,15);2H,1H3. The summed E-state index contributed by atoms with van der Waals surface area (Å²) in [4.78, 5) is 9.06. The first-order valence-electron chi connectivity index (χ1n) is 11.9. The summed E-state index contributed by atoms with van der Waals surface area (Å²) in [5, 5.41) is 21.1. The van der Waals surface area contributed by atoms with Gasteiger partial charge in [0.15, 0.2) is 11.8 Å². The topological polar surface area (TPSA) is 92.9 Å². The quantitative estimate of drug-likeness (QED) is 0.220. The zero-order valence-electron chi connectivity index (χ0n) is 20.7. The second-order valence-electron chi connectivity index (χ2n) is 8.55. The number of nitrogens with zero attached hydrogens (tertiary/aromatic N) is 2. The molecule has 0 spiro atoms. The zero-order chi connectivity index (χ0) is 24.9. The van der Waals surface area contributed by atoms with Crippen molar-refractivity contribution in [1.82, 2.24) is 5.32 Å². The largest absolute Gasteiger partial charge is 0.400 e. The zero-order valence-corrected chi connectivity index (χ0v) is 21.6. The summed E-state index contributed by atoms with van der Waals surface area (Å²) in [6, 6.07) is 12.4. The Balaban J connectivity index is 0.000000224. The van der Waals surface area contributed by atoms with Crippen LogP contribution in [-0.2, 0) is 0 Å². The SMILES string of the molecule is C=NC(=N)c1ccc(C2CCCCC2)cc1.CO.Cc1cc(NC2=NCCCN2)c(C)cc1S. The van der Waals surface area contributed by atoms with Gasteiger partial charge in [-0.1, -0.05) is 43.5 Å². The molecule has 0 unspecified atom stereocenters. The molecule has 0 saturated heterocycles. The van der Waals surface area contributed by atoms with Crippen LogP contribution < -0.4 is 10.6 Å². The predicted molar refractivity (Wildman–Crippen MR) is 149 cm³/mol. The van der Waals surface area contributed by atoms with E-state index in [4.69, 9.17) is 10.5 Å². The van der Waals surface area contributed by atoms with Gasteiger partial charge in [-0.15, -0.1) is 12.6 Å². The van der Waals surface area contributed by atoms with E-state index in [2.05, 4.69) is 78.1 Å². The molecule has 1 heterocycles. The molecule has 2 aromatic rings. The molecule has 2 aliphatic rings. The fraction of sp³-hybridized carbons (Fsp3) is 0.444. The van der Waals surface area contributed by atoms with Crippen molar-refractivity contribution in [1.29, 1.82) is 5.41 Å². The van der Waals surface area contributed by atoms with Gasteiger partial charge in [0.05, 0.1) is 0 Å². The lowest BCUT2D eigenvalue weighted by molar-refractivity contribution is 0.399. The number of hydrogen-bond acceptors (Lipinski definition) is 6. The van der Waals surface area contributed by atoms with Gasteiger partial charge in [-0.05, 0) is 74.6 Å². The highest BCUT2D eigenvalue weighted by molar-refractivity contribution is 7.80. The van der Waals surface area contributed by atoms with Gasteiger partial charge >= 0.3 is 0 Å². The van der Waals surface area contributed by atoms with Crippen LogP contribution in [0.25, 0.3) is 0 Å². The molecular weight excluding hydrogens is 442 g/mol. The van der Waals surface area contributed by atoms with Crippen molar-refractivity contribution in [3.8, 4) is 0 Å². The average Bonchev–Trinajstić information content (AvgIpc) is 2.89. The lowest BCUT2D eigenvalue weighted by Gasteiger charge is -2.21. The summed E-state index contributed by atoms with van der Waals surface area (Å²) >= 11 is 4.41. The smallest absolute Gasteiger partial charge is 0.195 e. The van der Waals surface area contributed by atoms with Crippen LogP contribution in [0.5, 0.6) is 0 Å². The number of amidine groups is 1. The van der Waals surface area contributed by atoms with Gasteiger partial charge in [0.1, 0.15) is 0 Å². The normalized spacial score (nSPS) is 15.4. The fourth-order valence-corrected chi connectivity index (χ4v) is 4.38. The highest BCUT2D eigenvalue weighted by atomic mass is 32.1. The van der Waals surface area contributed by atoms with Gasteiger partial charge < -0.3 is 15.7 Å². The Kier molecular flexibility index (Phi) is 11.8. The number of aliphatic hydroxyl groups is 1. The molecule has 1 aliphatic heterocycles. The van der Waals surface area contributed by atoms with Crippen LogP contribution in [0.4, 0.5) is 5.69 Å².